The number of nitrogens with two attached hydrogens (primary N) is 1. The van der Waals surface area contributed by atoms with Crippen molar-refractivity contribution in [2.75, 3.05) is 18.1 Å². The van der Waals surface area contributed by atoms with E-state index >= 15 is 0 Å². The molecule has 0 aromatic carbocycles. The zero-order valence-electron chi connectivity index (χ0n) is 9.71. The third-order valence-corrected chi connectivity index (χ3v) is 3.36. The molecule has 4 nitrogen and oxygen atoms in total. The lowest BCUT2D eigenvalue weighted by molar-refractivity contribution is 0.0778. The number of rotatable bonds is 2. The van der Waals surface area contributed by atoms with Crippen LogP contribution in [0.1, 0.15) is 27.2 Å². The molecule has 5 heteroatoms. The minimum absolute atomic E-state index is 0.0827. The minimum atomic E-state index is -0.644. The first-order valence-electron chi connectivity index (χ1n) is 5.19. The first kappa shape index (κ1) is 12.6. The minimum Gasteiger partial charge on any atom is -0.387 e. The quantitative estimate of drug-likeness (QED) is 0.480. The molecule has 4 N–H and O–H groups in total. The Kier molecular flexibility index (Phi) is 3.89. The van der Waals surface area contributed by atoms with E-state index in [2.05, 4.69) is 10.3 Å². The van der Waals surface area contributed by atoms with Gasteiger partial charge in [0.25, 0.3) is 0 Å². The molecule has 0 saturated carbocycles. The van der Waals surface area contributed by atoms with Crippen LogP contribution in [-0.4, -0.2) is 40.3 Å². The van der Waals surface area contributed by atoms with E-state index in [-0.39, 0.29) is 5.54 Å². The van der Waals surface area contributed by atoms with Crippen molar-refractivity contribution >= 4 is 17.7 Å². The molecule has 1 fully saturated rings. The highest BCUT2D eigenvalue weighted by atomic mass is 32.2. The summed E-state index contributed by atoms with van der Waals surface area (Å²) in [7, 11) is 0. The molecule has 1 atom stereocenters. The summed E-state index contributed by atoms with van der Waals surface area (Å²) in [4.78, 5) is 4.18. The Morgan fingerprint density at radius 2 is 2.27 bits per heavy atom. The van der Waals surface area contributed by atoms with Gasteiger partial charge in [-0.2, -0.15) is 11.8 Å². The molecule has 0 bridgehead atoms. The molecule has 0 aromatic heterocycles. The van der Waals surface area contributed by atoms with Crippen LogP contribution in [-0.2, 0) is 0 Å². The van der Waals surface area contributed by atoms with Gasteiger partial charge in [-0.1, -0.05) is 0 Å². The van der Waals surface area contributed by atoms with Crippen molar-refractivity contribution in [1.82, 2.24) is 5.32 Å². The maximum atomic E-state index is 10.0. The number of nitrogens with one attached hydrogen (secondary N) is 1. The van der Waals surface area contributed by atoms with Crippen LogP contribution in [0.2, 0.25) is 0 Å². The average Bonchev–Trinajstić information content (AvgIpc) is 2.47. The summed E-state index contributed by atoms with van der Waals surface area (Å²) in [6.07, 6.45) is 0.809. The summed E-state index contributed by atoms with van der Waals surface area (Å²) in [6.45, 7) is 6.47. The second kappa shape index (κ2) is 4.61. The Balaban J connectivity index is 2.43. The third-order valence-electron chi connectivity index (χ3n) is 2.13. The van der Waals surface area contributed by atoms with E-state index in [1.807, 2.05) is 20.8 Å². The summed E-state index contributed by atoms with van der Waals surface area (Å²) in [5.74, 6) is 2.19. The lowest BCUT2D eigenvalue weighted by Gasteiger charge is -2.23. The van der Waals surface area contributed by atoms with Crippen molar-refractivity contribution < 1.29 is 5.11 Å². The predicted molar refractivity (Wildman–Crippen MR) is 66.3 cm³/mol. The number of hydrogen-bond donors (Lipinski definition) is 3. The summed E-state index contributed by atoms with van der Waals surface area (Å²) in [5.41, 5.74) is 4.99. The molecule has 1 rings (SSSR count). The molecule has 0 aromatic rings. The van der Waals surface area contributed by atoms with Crippen LogP contribution < -0.4 is 11.1 Å². The standard InChI is InChI=1S/C10H21N3OS/c1-9(2,3)13-8(11)12-6-10(14)4-5-15-7-10/h14H,4-7H2,1-3H3,(H3,11,12,13). The molecule has 15 heavy (non-hydrogen) atoms. The van der Waals surface area contributed by atoms with E-state index in [4.69, 9.17) is 5.73 Å². The van der Waals surface area contributed by atoms with Crippen molar-refractivity contribution in [2.45, 2.75) is 38.3 Å². The van der Waals surface area contributed by atoms with Crippen molar-refractivity contribution in [1.29, 1.82) is 0 Å². The Labute approximate surface area is 95.7 Å². The number of nitrogens with zero attached hydrogens (tertiary/aromatic N) is 1. The predicted octanol–water partition coefficient (Wildman–Crippen LogP) is 0.557. The van der Waals surface area contributed by atoms with Gasteiger partial charge in [0.05, 0.1) is 12.1 Å². The number of aliphatic imine (C=N–C) groups is 1. The summed E-state index contributed by atoms with van der Waals surface area (Å²) in [5, 5.41) is 13.1. The van der Waals surface area contributed by atoms with Gasteiger partial charge in [0.1, 0.15) is 0 Å². The van der Waals surface area contributed by atoms with E-state index in [9.17, 15) is 5.11 Å². The number of thioether (sulfide) groups is 1. The van der Waals surface area contributed by atoms with Gasteiger partial charge in [-0.15, -0.1) is 0 Å². The molecule has 0 spiro atoms. The van der Waals surface area contributed by atoms with Crippen LogP contribution in [0.3, 0.4) is 0 Å². The normalized spacial score (nSPS) is 28.1. The van der Waals surface area contributed by atoms with Crippen molar-refractivity contribution in [3.05, 3.63) is 0 Å². The van der Waals surface area contributed by atoms with E-state index in [0.717, 1.165) is 17.9 Å². The van der Waals surface area contributed by atoms with Crippen molar-refractivity contribution in [3.63, 3.8) is 0 Å². The van der Waals surface area contributed by atoms with Gasteiger partial charge in [-0.3, -0.25) is 4.99 Å². The fraction of sp³-hybridized carbons (Fsp3) is 0.900. The fourth-order valence-electron chi connectivity index (χ4n) is 1.38. The van der Waals surface area contributed by atoms with Crippen LogP contribution in [0.5, 0.6) is 0 Å². The second-order valence-corrected chi connectivity index (χ2v) is 6.21. The van der Waals surface area contributed by atoms with E-state index < -0.39 is 5.60 Å². The molecular weight excluding hydrogens is 210 g/mol. The van der Waals surface area contributed by atoms with Crippen LogP contribution in [0.25, 0.3) is 0 Å². The Hall–Kier alpha value is -0.420. The van der Waals surface area contributed by atoms with Crippen molar-refractivity contribution in [3.8, 4) is 0 Å². The molecule has 88 valence electrons. The van der Waals surface area contributed by atoms with Crippen LogP contribution in [0.15, 0.2) is 4.99 Å². The van der Waals surface area contributed by atoms with Gasteiger partial charge in [-0.05, 0) is 32.9 Å². The van der Waals surface area contributed by atoms with Gasteiger partial charge in [0, 0.05) is 11.3 Å². The smallest absolute Gasteiger partial charge is 0.189 e. The van der Waals surface area contributed by atoms with Crippen molar-refractivity contribution in [2.24, 2.45) is 10.7 Å². The fourth-order valence-corrected chi connectivity index (χ4v) is 2.66. The molecule has 1 aliphatic heterocycles. The lowest BCUT2D eigenvalue weighted by Crippen LogP contribution is -2.46. The first-order valence-corrected chi connectivity index (χ1v) is 6.34. The van der Waals surface area contributed by atoms with E-state index in [1.165, 1.54) is 0 Å². The van der Waals surface area contributed by atoms with Gasteiger partial charge in [0.15, 0.2) is 5.96 Å². The highest BCUT2D eigenvalue weighted by molar-refractivity contribution is 7.99. The maximum Gasteiger partial charge on any atom is 0.189 e. The van der Waals surface area contributed by atoms with E-state index in [0.29, 0.717) is 12.5 Å². The summed E-state index contributed by atoms with van der Waals surface area (Å²) < 4.78 is 0. The monoisotopic (exact) mass is 231 g/mol. The van der Waals surface area contributed by atoms with Crippen LogP contribution in [0, 0.1) is 0 Å². The Morgan fingerprint density at radius 1 is 1.60 bits per heavy atom. The summed E-state index contributed by atoms with van der Waals surface area (Å²) in [6, 6.07) is 0. The van der Waals surface area contributed by atoms with Crippen LogP contribution >= 0.6 is 11.8 Å². The molecule has 1 saturated heterocycles. The van der Waals surface area contributed by atoms with Gasteiger partial charge >= 0.3 is 0 Å². The van der Waals surface area contributed by atoms with Gasteiger partial charge < -0.3 is 16.2 Å². The molecular formula is C10H21N3OS. The Bertz CT molecular complexity index is 242. The highest BCUT2D eigenvalue weighted by Gasteiger charge is 2.31. The maximum absolute atomic E-state index is 10.0. The average molecular weight is 231 g/mol. The highest BCUT2D eigenvalue weighted by Crippen LogP contribution is 2.27. The molecule has 1 unspecified atom stereocenters. The zero-order valence-corrected chi connectivity index (χ0v) is 10.5. The largest absolute Gasteiger partial charge is 0.387 e. The zero-order chi connectivity index (χ0) is 11.5. The molecule has 0 aliphatic carbocycles. The first-order chi connectivity index (χ1) is 6.81. The number of aliphatic hydroxyl groups is 1. The number of hydrogen-bond acceptors (Lipinski definition) is 3. The topological polar surface area (TPSA) is 70.6 Å². The Morgan fingerprint density at radius 3 is 2.73 bits per heavy atom. The van der Waals surface area contributed by atoms with Crippen LogP contribution in [0.4, 0.5) is 0 Å². The molecule has 1 aliphatic rings. The molecule has 0 radical (unpaired) electrons. The molecule has 0 amide bonds. The SMILES string of the molecule is CC(C)(C)NC(N)=NCC1(O)CCSC1. The lowest BCUT2D eigenvalue weighted by atomic mass is 10.0. The van der Waals surface area contributed by atoms with E-state index in [1.54, 1.807) is 11.8 Å². The van der Waals surface area contributed by atoms with Gasteiger partial charge in [-0.25, -0.2) is 0 Å². The van der Waals surface area contributed by atoms with Gasteiger partial charge in [0.2, 0.25) is 0 Å². The summed E-state index contributed by atoms with van der Waals surface area (Å²) >= 11 is 1.77. The third kappa shape index (κ3) is 4.75. The second-order valence-electron chi connectivity index (χ2n) is 5.10. The molecule has 1 heterocycles. The number of guanidine groups is 1.